The largest absolute Gasteiger partial charge is 0.379 e. The molecule has 0 aromatic carbocycles. The molecule has 0 heterocycles. The van der Waals surface area contributed by atoms with Gasteiger partial charge < -0.3 is 15.0 Å². The summed E-state index contributed by atoms with van der Waals surface area (Å²) in [4.78, 5) is 9.74. The molecule has 3 fully saturated rings. The van der Waals surface area contributed by atoms with Gasteiger partial charge in [0.25, 0.3) is 0 Å². The predicted molar refractivity (Wildman–Crippen MR) is 115 cm³/mol. The van der Waals surface area contributed by atoms with Gasteiger partial charge in [0.05, 0.1) is 13.2 Å². The van der Waals surface area contributed by atoms with Crippen LogP contribution in [0, 0.1) is 11.8 Å². The number of nitrogens with zero attached hydrogens (tertiary/aromatic N) is 3. The van der Waals surface area contributed by atoms with Gasteiger partial charge in [0.1, 0.15) is 0 Å². The van der Waals surface area contributed by atoms with Crippen molar-refractivity contribution in [2.24, 2.45) is 16.8 Å². The van der Waals surface area contributed by atoms with E-state index in [1.807, 2.05) is 0 Å². The summed E-state index contributed by atoms with van der Waals surface area (Å²) >= 11 is 0. The van der Waals surface area contributed by atoms with Gasteiger partial charge in [0, 0.05) is 45.9 Å². The fraction of sp³-hybridized carbons (Fsp3) is 0.947. The van der Waals surface area contributed by atoms with Gasteiger partial charge in [-0.3, -0.25) is 9.89 Å². The quantitative estimate of drug-likeness (QED) is 0.209. The Morgan fingerprint density at radius 3 is 2.40 bits per heavy atom. The highest BCUT2D eigenvalue weighted by Crippen LogP contribution is 2.34. The highest BCUT2D eigenvalue weighted by Gasteiger charge is 2.33. The van der Waals surface area contributed by atoms with E-state index in [4.69, 9.17) is 9.73 Å². The van der Waals surface area contributed by atoms with E-state index in [9.17, 15) is 0 Å². The molecular formula is C19H37IN4O. The first-order chi connectivity index (χ1) is 11.8. The summed E-state index contributed by atoms with van der Waals surface area (Å²) in [7, 11) is 2.12. The van der Waals surface area contributed by atoms with Gasteiger partial charge in [-0.1, -0.05) is 0 Å². The van der Waals surface area contributed by atoms with Crippen molar-refractivity contribution >= 4 is 29.9 Å². The molecule has 6 heteroatoms. The third-order valence-corrected chi connectivity index (χ3v) is 5.22. The van der Waals surface area contributed by atoms with Crippen LogP contribution in [0.25, 0.3) is 0 Å². The Kier molecular flexibility index (Phi) is 9.27. The SMILES string of the molecule is CCNC(=NCCN(CC1CC1)C1CC1)N(C)CCOCC1CC1.I. The predicted octanol–water partition coefficient (Wildman–Crippen LogP) is 2.80. The molecule has 1 N–H and O–H groups in total. The molecule has 0 saturated heterocycles. The van der Waals surface area contributed by atoms with Gasteiger partial charge in [-0.05, 0) is 57.3 Å². The average molecular weight is 464 g/mol. The first-order valence-corrected chi connectivity index (χ1v) is 10.1. The molecule has 25 heavy (non-hydrogen) atoms. The van der Waals surface area contributed by atoms with E-state index >= 15 is 0 Å². The van der Waals surface area contributed by atoms with E-state index < -0.39 is 0 Å². The number of guanidine groups is 1. The second-order valence-corrected chi connectivity index (χ2v) is 7.84. The molecule has 0 bridgehead atoms. The third kappa shape index (κ3) is 8.43. The van der Waals surface area contributed by atoms with Crippen molar-refractivity contribution in [3.05, 3.63) is 0 Å². The molecule has 3 aliphatic rings. The minimum absolute atomic E-state index is 0. The summed E-state index contributed by atoms with van der Waals surface area (Å²) in [5.74, 6) is 2.85. The van der Waals surface area contributed by atoms with Crippen LogP contribution in [0.15, 0.2) is 4.99 Å². The maximum absolute atomic E-state index is 5.76. The van der Waals surface area contributed by atoms with Crippen molar-refractivity contribution < 1.29 is 4.74 Å². The number of nitrogens with one attached hydrogen (secondary N) is 1. The second kappa shape index (κ2) is 10.9. The summed E-state index contributed by atoms with van der Waals surface area (Å²) in [6.45, 7) is 9.03. The van der Waals surface area contributed by atoms with E-state index in [1.54, 1.807) is 0 Å². The standard InChI is InChI=1S/C19H36N4O.HI/c1-3-20-19(22(2)12-13-24-15-17-6-7-17)21-10-11-23(18-8-9-18)14-16-4-5-16;/h16-18H,3-15H2,1-2H3,(H,20,21);1H. The molecule has 5 nitrogen and oxygen atoms in total. The lowest BCUT2D eigenvalue weighted by atomic mass is 10.3. The highest BCUT2D eigenvalue weighted by molar-refractivity contribution is 14.0. The van der Waals surface area contributed by atoms with Crippen LogP contribution in [0.3, 0.4) is 0 Å². The van der Waals surface area contributed by atoms with Gasteiger partial charge in [-0.15, -0.1) is 24.0 Å². The lowest BCUT2D eigenvalue weighted by Crippen LogP contribution is -2.41. The average Bonchev–Trinajstić information content (AvgIpc) is 3.42. The Balaban J connectivity index is 0.00000225. The van der Waals surface area contributed by atoms with E-state index in [0.717, 1.165) is 63.2 Å². The number of aliphatic imine (C=N–C) groups is 1. The lowest BCUT2D eigenvalue weighted by molar-refractivity contribution is 0.115. The molecule has 3 rings (SSSR count). The molecule has 3 saturated carbocycles. The minimum atomic E-state index is 0. The van der Waals surface area contributed by atoms with Crippen LogP contribution in [0.4, 0.5) is 0 Å². The maximum atomic E-state index is 5.76. The zero-order valence-corrected chi connectivity index (χ0v) is 18.4. The van der Waals surface area contributed by atoms with E-state index in [2.05, 4.69) is 29.1 Å². The Hall–Kier alpha value is -0.0800. The number of likely N-dealkylation sites (N-methyl/N-ethyl adjacent to an activating group) is 1. The number of hydrogen-bond acceptors (Lipinski definition) is 3. The number of rotatable bonds is 12. The van der Waals surface area contributed by atoms with Gasteiger partial charge in [0.15, 0.2) is 5.96 Å². The molecule has 3 aliphatic carbocycles. The van der Waals surface area contributed by atoms with Crippen molar-refractivity contribution in [2.75, 3.05) is 53.0 Å². The molecule has 0 aromatic rings. The highest BCUT2D eigenvalue weighted by atomic mass is 127. The number of ether oxygens (including phenoxy) is 1. The minimum Gasteiger partial charge on any atom is -0.379 e. The summed E-state index contributed by atoms with van der Waals surface area (Å²) in [5.41, 5.74) is 0. The summed E-state index contributed by atoms with van der Waals surface area (Å²) in [6.07, 6.45) is 8.40. The second-order valence-electron chi connectivity index (χ2n) is 7.84. The molecule has 0 spiro atoms. The van der Waals surface area contributed by atoms with Gasteiger partial charge in [0.2, 0.25) is 0 Å². The summed E-state index contributed by atoms with van der Waals surface area (Å²) in [5, 5.41) is 3.42. The van der Waals surface area contributed by atoms with Crippen molar-refractivity contribution in [1.82, 2.24) is 15.1 Å². The molecule has 0 radical (unpaired) electrons. The number of halogens is 1. The maximum Gasteiger partial charge on any atom is 0.193 e. The normalized spacial score (nSPS) is 20.5. The molecule has 0 aliphatic heterocycles. The Bertz CT molecular complexity index is 408. The van der Waals surface area contributed by atoms with Gasteiger partial charge >= 0.3 is 0 Å². The topological polar surface area (TPSA) is 40.1 Å². The fourth-order valence-electron chi connectivity index (χ4n) is 3.09. The van der Waals surface area contributed by atoms with Crippen LogP contribution < -0.4 is 5.32 Å². The fourth-order valence-corrected chi connectivity index (χ4v) is 3.09. The van der Waals surface area contributed by atoms with Crippen molar-refractivity contribution in [2.45, 2.75) is 51.5 Å². The Morgan fingerprint density at radius 2 is 1.80 bits per heavy atom. The van der Waals surface area contributed by atoms with Crippen molar-refractivity contribution in [3.63, 3.8) is 0 Å². The van der Waals surface area contributed by atoms with Gasteiger partial charge in [-0.25, -0.2) is 0 Å². The molecule has 0 atom stereocenters. The first-order valence-electron chi connectivity index (χ1n) is 10.1. The zero-order valence-electron chi connectivity index (χ0n) is 16.1. The molecule has 0 amide bonds. The lowest BCUT2D eigenvalue weighted by Gasteiger charge is -2.24. The van der Waals surface area contributed by atoms with Crippen LogP contribution in [0.5, 0.6) is 0 Å². The molecule has 0 aromatic heterocycles. The van der Waals surface area contributed by atoms with Crippen molar-refractivity contribution in [1.29, 1.82) is 0 Å². The smallest absolute Gasteiger partial charge is 0.193 e. The van der Waals surface area contributed by atoms with E-state index in [-0.39, 0.29) is 24.0 Å². The molecular weight excluding hydrogens is 427 g/mol. The summed E-state index contributed by atoms with van der Waals surface area (Å²) < 4.78 is 5.76. The van der Waals surface area contributed by atoms with Crippen LogP contribution in [-0.4, -0.2) is 74.8 Å². The number of hydrogen-bond donors (Lipinski definition) is 1. The van der Waals surface area contributed by atoms with Gasteiger partial charge in [-0.2, -0.15) is 0 Å². The Morgan fingerprint density at radius 1 is 1.08 bits per heavy atom. The van der Waals surface area contributed by atoms with E-state index in [0.29, 0.717) is 0 Å². The summed E-state index contributed by atoms with van der Waals surface area (Å²) in [6, 6.07) is 0.858. The third-order valence-electron chi connectivity index (χ3n) is 5.22. The monoisotopic (exact) mass is 464 g/mol. The van der Waals surface area contributed by atoms with Crippen molar-refractivity contribution in [3.8, 4) is 0 Å². The first kappa shape index (κ1) is 21.2. The molecule has 0 unspecified atom stereocenters. The zero-order chi connectivity index (χ0) is 16.8. The molecule has 146 valence electrons. The van der Waals surface area contributed by atoms with Crippen LogP contribution in [-0.2, 0) is 4.74 Å². The van der Waals surface area contributed by atoms with E-state index in [1.165, 1.54) is 45.1 Å². The Labute approximate surface area is 171 Å². The van der Waals surface area contributed by atoms with Crippen LogP contribution in [0.2, 0.25) is 0 Å². The van der Waals surface area contributed by atoms with Crippen LogP contribution >= 0.6 is 24.0 Å². The van der Waals surface area contributed by atoms with Crippen LogP contribution in [0.1, 0.15) is 45.4 Å².